The molecule has 1 aromatic carbocycles. The van der Waals surface area contributed by atoms with Gasteiger partial charge >= 0.3 is 11.9 Å². The van der Waals surface area contributed by atoms with E-state index in [1.54, 1.807) is 12.1 Å². The molecule has 0 heterocycles. The standard InChI is InChI=1S/C22H25BrO5/c1-11(24)27-13-4-5-14-15-8-9-22(3)17(6-7-18(22)28-12(2)25)19(15)20(23)21(26)16(14)10-13/h4-5,10,15,17-20H,6-9H2,1-3H3/t15-,17+,18+,19-,20?,22+/m1/s1. The molecule has 0 bridgehead atoms. The van der Waals surface area contributed by atoms with Gasteiger partial charge in [0.1, 0.15) is 11.9 Å². The third kappa shape index (κ3) is 3.00. The zero-order chi connectivity index (χ0) is 20.2. The van der Waals surface area contributed by atoms with Crippen LogP contribution in [-0.4, -0.2) is 28.7 Å². The van der Waals surface area contributed by atoms with Gasteiger partial charge < -0.3 is 9.47 Å². The molecule has 2 saturated carbocycles. The maximum Gasteiger partial charge on any atom is 0.308 e. The number of hydrogen-bond acceptors (Lipinski definition) is 5. The number of carbonyl (C=O) groups excluding carboxylic acids is 3. The molecule has 1 aromatic rings. The molecule has 150 valence electrons. The van der Waals surface area contributed by atoms with Crippen molar-refractivity contribution in [1.29, 1.82) is 0 Å². The molecule has 1 unspecified atom stereocenters. The molecule has 2 fully saturated rings. The van der Waals surface area contributed by atoms with E-state index in [-0.39, 0.29) is 39.9 Å². The normalized spacial score (nSPS) is 36.1. The van der Waals surface area contributed by atoms with Gasteiger partial charge in [0.15, 0.2) is 5.78 Å². The molecule has 0 aromatic heterocycles. The van der Waals surface area contributed by atoms with E-state index in [2.05, 4.69) is 22.9 Å². The van der Waals surface area contributed by atoms with E-state index in [4.69, 9.17) is 9.47 Å². The van der Waals surface area contributed by atoms with Crippen molar-refractivity contribution in [3.05, 3.63) is 29.3 Å². The lowest BCUT2D eigenvalue weighted by atomic mass is 9.55. The lowest BCUT2D eigenvalue weighted by Gasteiger charge is -2.51. The Labute approximate surface area is 173 Å². The fraction of sp³-hybridized carbons (Fsp3) is 0.591. The fourth-order valence-corrected chi connectivity index (χ4v) is 6.92. The number of ketones is 1. The molecule has 0 saturated heterocycles. The zero-order valence-electron chi connectivity index (χ0n) is 16.4. The molecule has 28 heavy (non-hydrogen) atoms. The van der Waals surface area contributed by atoms with E-state index in [0.717, 1.165) is 31.2 Å². The number of Topliss-reactive ketones (excluding diaryl/α,β-unsaturated/α-hetero) is 1. The van der Waals surface area contributed by atoms with Crippen LogP contribution < -0.4 is 4.74 Å². The second-order valence-corrected chi connectivity index (χ2v) is 9.61. The number of alkyl halides is 1. The van der Waals surface area contributed by atoms with Gasteiger partial charge in [-0.25, -0.2) is 0 Å². The van der Waals surface area contributed by atoms with Gasteiger partial charge in [0.05, 0.1) is 4.83 Å². The summed E-state index contributed by atoms with van der Waals surface area (Å²) in [5.74, 6) is 0.612. The summed E-state index contributed by atoms with van der Waals surface area (Å²) in [7, 11) is 0. The predicted octanol–water partition coefficient (Wildman–Crippen LogP) is 4.41. The second-order valence-electron chi connectivity index (χ2n) is 8.62. The number of carbonyl (C=O) groups is 3. The molecular formula is C22H25BrO5. The monoisotopic (exact) mass is 448 g/mol. The number of rotatable bonds is 2. The summed E-state index contributed by atoms with van der Waals surface area (Å²) in [6.07, 6.45) is 3.67. The van der Waals surface area contributed by atoms with Gasteiger partial charge in [-0.15, -0.1) is 0 Å². The molecule has 0 N–H and O–H groups in total. The molecule has 5 nitrogen and oxygen atoms in total. The zero-order valence-corrected chi connectivity index (χ0v) is 18.0. The predicted molar refractivity (Wildman–Crippen MR) is 107 cm³/mol. The molecule has 0 spiro atoms. The number of halogens is 1. The molecule has 4 rings (SSSR count). The van der Waals surface area contributed by atoms with Gasteiger partial charge in [0.25, 0.3) is 0 Å². The Balaban J connectivity index is 1.69. The molecule has 3 aliphatic rings. The van der Waals surface area contributed by atoms with E-state index in [0.29, 0.717) is 17.2 Å². The molecule has 0 aliphatic heterocycles. The average molecular weight is 449 g/mol. The number of ether oxygens (including phenoxy) is 2. The lowest BCUT2D eigenvalue weighted by molar-refractivity contribution is -0.154. The quantitative estimate of drug-likeness (QED) is 0.380. The van der Waals surface area contributed by atoms with Crippen molar-refractivity contribution in [3.63, 3.8) is 0 Å². The van der Waals surface area contributed by atoms with Gasteiger partial charge in [0.2, 0.25) is 0 Å². The fourth-order valence-electron chi connectivity index (χ4n) is 5.94. The molecular weight excluding hydrogens is 424 g/mol. The number of esters is 2. The van der Waals surface area contributed by atoms with Crippen LogP contribution in [0.1, 0.15) is 68.3 Å². The van der Waals surface area contributed by atoms with Crippen LogP contribution in [0.3, 0.4) is 0 Å². The Kier molecular flexibility index (Phi) is 4.89. The maximum atomic E-state index is 13.2. The van der Waals surface area contributed by atoms with Gasteiger partial charge in [-0.05, 0) is 61.1 Å². The highest BCUT2D eigenvalue weighted by Gasteiger charge is 2.59. The van der Waals surface area contributed by atoms with Crippen molar-refractivity contribution >= 4 is 33.7 Å². The first-order valence-electron chi connectivity index (χ1n) is 9.90. The Bertz CT molecular complexity index is 849. The molecule has 3 aliphatic carbocycles. The summed E-state index contributed by atoms with van der Waals surface area (Å²) in [4.78, 5) is 35.7. The summed E-state index contributed by atoms with van der Waals surface area (Å²) < 4.78 is 10.8. The van der Waals surface area contributed by atoms with Crippen LogP contribution in [0.25, 0.3) is 0 Å². The minimum atomic E-state index is -0.396. The summed E-state index contributed by atoms with van der Waals surface area (Å²) in [5.41, 5.74) is 1.62. The third-order valence-corrected chi connectivity index (χ3v) is 8.12. The summed E-state index contributed by atoms with van der Waals surface area (Å²) in [5, 5.41) is 0. The molecule has 6 heteroatoms. The first kappa shape index (κ1) is 19.6. The minimum Gasteiger partial charge on any atom is -0.462 e. The topological polar surface area (TPSA) is 69.7 Å². The first-order chi connectivity index (χ1) is 13.2. The van der Waals surface area contributed by atoms with Gasteiger partial charge in [-0.1, -0.05) is 28.9 Å². The van der Waals surface area contributed by atoms with Crippen molar-refractivity contribution < 1.29 is 23.9 Å². The molecule has 0 radical (unpaired) electrons. The van der Waals surface area contributed by atoms with Crippen molar-refractivity contribution in [2.24, 2.45) is 17.3 Å². The van der Waals surface area contributed by atoms with Crippen molar-refractivity contribution in [1.82, 2.24) is 0 Å². The highest BCUT2D eigenvalue weighted by Crippen LogP contribution is 2.62. The number of benzene rings is 1. The SMILES string of the molecule is CC(=O)Oc1ccc2c(c1)C(=O)C(Br)[C@@H]1[C@@H]2CC[C@]2(C)[C@@H](OC(C)=O)CC[C@@H]12. The van der Waals surface area contributed by atoms with Crippen molar-refractivity contribution in [2.45, 2.75) is 63.3 Å². The van der Waals surface area contributed by atoms with Crippen LogP contribution in [0.15, 0.2) is 18.2 Å². The van der Waals surface area contributed by atoms with E-state index in [9.17, 15) is 14.4 Å². The lowest BCUT2D eigenvalue weighted by Crippen LogP contribution is -2.50. The van der Waals surface area contributed by atoms with Crippen molar-refractivity contribution in [3.8, 4) is 5.75 Å². The van der Waals surface area contributed by atoms with Crippen LogP contribution in [-0.2, 0) is 14.3 Å². The van der Waals surface area contributed by atoms with E-state index < -0.39 is 5.97 Å². The maximum absolute atomic E-state index is 13.2. The van der Waals surface area contributed by atoms with Crippen molar-refractivity contribution in [2.75, 3.05) is 0 Å². The van der Waals surface area contributed by atoms with E-state index in [1.807, 2.05) is 6.07 Å². The van der Waals surface area contributed by atoms with Crippen LogP contribution >= 0.6 is 15.9 Å². The van der Waals surface area contributed by atoms with E-state index >= 15 is 0 Å². The Morgan fingerprint density at radius 1 is 1.14 bits per heavy atom. The van der Waals surface area contributed by atoms with E-state index in [1.165, 1.54) is 13.8 Å². The van der Waals surface area contributed by atoms with Gasteiger partial charge in [-0.2, -0.15) is 0 Å². The molecule has 0 amide bonds. The highest BCUT2D eigenvalue weighted by atomic mass is 79.9. The van der Waals surface area contributed by atoms with Gasteiger partial charge in [-0.3, -0.25) is 14.4 Å². The Morgan fingerprint density at radius 2 is 1.89 bits per heavy atom. The summed E-state index contributed by atoms with van der Waals surface area (Å²) in [6, 6.07) is 5.43. The van der Waals surface area contributed by atoms with Crippen LogP contribution in [0.5, 0.6) is 5.75 Å². The summed E-state index contributed by atoms with van der Waals surface area (Å²) >= 11 is 3.71. The third-order valence-electron chi connectivity index (χ3n) is 7.09. The minimum absolute atomic E-state index is 0.0467. The number of hydrogen-bond donors (Lipinski definition) is 0. The Morgan fingerprint density at radius 3 is 2.57 bits per heavy atom. The first-order valence-corrected chi connectivity index (χ1v) is 10.8. The van der Waals surface area contributed by atoms with Crippen LogP contribution in [0.4, 0.5) is 0 Å². The van der Waals surface area contributed by atoms with Gasteiger partial charge in [0, 0.05) is 24.8 Å². The summed E-state index contributed by atoms with van der Waals surface area (Å²) in [6.45, 7) is 5.04. The highest BCUT2D eigenvalue weighted by molar-refractivity contribution is 9.10. The molecule has 6 atom stereocenters. The Hall–Kier alpha value is -1.69. The smallest absolute Gasteiger partial charge is 0.308 e. The van der Waals surface area contributed by atoms with Crippen LogP contribution in [0.2, 0.25) is 0 Å². The van der Waals surface area contributed by atoms with Crippen LogP contribution in [0, 0.1) is 17.3 Å². The average Bonchev–Trinajstić information content (AvgIpc) is 2.94. The second kappa shape index (κ2) is 6.97. The number of fused-ring (bicyclic) bond motifs is 5. The largest absolute Gasteiger partial charge is 0.462 e.